The summed E-state index contributed by atoms with van der Waals surface area (Å²) in [6, 6.07) is 11.4. The van der Waals surface area contributed by atoms with Gasteiger partial charge in [-0.15, -0.1) is 11.3 Å². The number of hydrogen-bond acceptors (Lipinski definition) is 7. The van der Waals surface area contributed by atoms with E-state index in [1.807, 2.05) is 24.3 Å². The standard InChI is InChI=1S/C21H18N6O4S/c1-25-11-23-18-17(25)20(29)27(21(30)26(18)2)10-16(28)22-9-12-7-8-14(31-12)19-24-13-5-3-4-6-15(13)32-19/h3-8,11H,9-10H2,1-2H3,(H,22,28). The van der Waals surface area contributed by atoms with Crippen molar-refractivity contribution in [2.75, 3.05) is 0 Å². The first-order valence-electron chi connectivity index (χ1n) is 9.74. The summed E-state index contributed by atoms with van der Waals surface area (Å²) >= 11 is 1.52. The van der Waals surface area contributed by atoms with Crippen molar-refractivity contribution < 1.29 is 9.21 Å². The number of aromatic nitrogens is 5. The van der Waals surface area contributed by atoms with E-state index in [-0.39, 0.29) is 17.7 Å². The molecule has 0 unspecified atom stereocenters. The van der Waals surface area contributed by atoms with Crippen LogP contribution in [-0.4, -0.2) is 29.6 Å². The van der Waals surface area contributed by atoms with Crippen LogP contribution in [0.25, 0.3) is 32.1 Å². The van der Waals surface area contributed by atoms with Crippen LogP contribution < -0.4 is 16.6 Å². The number of imidazole rings is 1. The van der Waals surface area contributed by atoms with Crippen molar-refractivity contribution in [3.63, 3.8) is 0 Å². The van der Waals surface area contributed by atoms with Gasteiger partial charge in [0.25, 0.3) is 5.56 Å². The van der Waals surface area contributed by atoms with Gasteiger partial charge in [-0.3, -0.25) is 14.2 Å². The van der Waals surface area contributed by atoms with E-state index in [1.165, 1.54) is 33.8 Å². The van der Waals surface area contributed by atoms with Crippen molar-refractivity contribution >= 4 is 38.6 Å². The van der Waals surface area contributed by atoms with Crippen molar-refractivity contribution in [1.29, 1.82) is 0 Å². The maximum atomic E-state index is 12.7. The second-order valence-corrected chi connectivity index (χ2v) is 8.32. The minimum Gasteiger partial charge on any atom is -0.457 e. The Morgan fingerprint density at radius 2 is 1.97 bits per heavy atom. The highest BCUT2D eigenvalue weighted by Crippen LogP contribution is 2.31. The molecule has 4 heterocycles. The first kappa shape index (κ1) is 19.9. The Kier molecular flexibility index (Phi) is 4.74. The zero-order chi connectivity index (χ0) is 22.4. The largest absolute Gasteiger partial charge is 0.457 e. The third kappa shape index (κ3) is 3.32. The quantitative estimate of drug-likeness (QED) is 0.435. The minimum atomic E-state index is -0.604. The Morgan fingerprint density at radius 1 is 1.16 bits per heavy atom. The number of para-hydroxylation sites is 1. The van der Waals surface area contributed by atoms with Gasteiger partial charge in [0.15, 0.2) is 21.9 Å². The van der Waals surface area contributed by atoms with Crippen LogP contribution >= 0.6 is 11.3 Å². The molecule has 0 saturated carbocycles. The molecule has 0 fully saturated rings. The third-order valence-electron chi connectivity index (χ3n) is 5.13. The molecule has 162 valence electrons. The van der Waals surface area contributed by atoms with Gasteiger partial charge < -0.3 is 14.3 Å². The fourth-order valence-electron chi connectivity index (χ4n) is 3.49. The van der Waals surface area contributed by atoms with E-state index in [2.05, 4.69) is 15.3 Å². The minimum absolute atomic E-state index is 0.118. The van der Waals surface area contributed by atoms with Crippen molar-refractivity contribution in [3.8, 4) is 10.8 Å². The molecule has 11 heteroatoms. The Labute approximate surface area is 184 Å². The van der Waals surface area contributed by atoms with Crippen molar-refractivity contribution in [1.82, 2.24) is 29.0 Å². The smallest absolute Gasteiger partial charge is 0.332 e. The maximum absolute atomic E-state index is 12.7. The van der Waals surface area contributed by atoms with E-state index in [0.29, 0.717) is 11.5 Å². The average molecular weight is 450 g/mol. The molecule has 5 rings (SSSR count). The Bertz CT molecular complexity index is 1570. The first-order chi connectivity index (χ1) is 15.4. The number of nitrogens with one attached hydrogen (secondary N) is 1. The molecule has 0 aliphatic heterocycles. The lowest BCUT2D eigenvalue weighted by molar-refractivity contribution is -0.122. The molecule has 0 aliphatic rings. The van der Waals surface area contributed by atoms with E-state index >= 15 is 0 Å². The van der Waals surface area contributed by atoms with Gasteiger partial charge in [0, 0.05) is 14.1 Å². The monoisotopic (exact) mass is 450 g/mol. The molecule has 0 bridgehead atoms. The van der Waals surface area contributed by atoms with E-state index < -0.39 is 23.7 Å². The predicted octanol–water partition coefficient (Wildman–Crippen LogP) is 1.62. The molecule has 1 aromatic carbocycles. The van der Waals surface area contributed by atoms with Crippen molar-refractivity contribution in [2.24, 2.45) is 14.1 Å². The van der Waals surface area contributed by atoms with Gasteiger partial charge in [-0.2, -0.15) is 0 Å². The third-order valence-corrected chi connectivity index (χ3v) is 6.18. The van der Waals surface area contributed by atoms with Crippen LogP contribution in [0.5, 0.6) is 0 Å². The van der Waals surface area contributed by atoms with Crippen LogP contribution in [0.1, 0.15) is 5.76 Å². The molecular weight excluding hydrogens is 432 g/mol. The molecule has 0 saturated heterocycles. The first-order valence-corrected chi connectivity index (χ1v) is 10.6. The lowest BCUT2D eigenvalue weighted by Crippen LogP contribution is -2.43. The van der Waals surface area contributed by atoms with Crippen LogP contribution in [-0.2, 0) is 32.0 Å². The molecule has 10 nitrogen and oxygen atoms in total. The summed E-state index contributed by atoms with van der Waals surface area (Å²) < 4.78 is 10.6. The summed E-state index contributed by atoms with van der Waals surface area (Å²) in [4.78, 5) is 46.3. The number of furan rings is 1. The molecule has 4 aromatic heterocycles. The van der Waals surface area contributed by atoms with Crippen LogP contribution in [0.3, 0.4) is 0 Å². The van der Waals surface area contributed by atoms with Crippen molar-refractivity contribution in [2.45, 2.75) is 13.1 Å². The van der Waals surface area contributed by atoms with E-state index in [9.17, 15) is 14.4 Å². The SMILES string of the molecule is Cn1cnc2c1c(=O)n(CC(=O)NCc1ccc(-c3nc4ccccc4s3)o1)c(=O)n2C. The highest BCUT2D eigenvalue weighted by atomic mass is 32.1. The van der Waals surface area contributed by atoms with Crippen LogP contribution in [0.15, 0.2) is 56.7 Å². The topological polar surface area (TPSA) is 117 Å². The number of carbonyl (C=O) groups excluding carboxylic acids is 1. The van der Waals surface area contributed by atoms with Gasteiger partial charge in [0.2, 0.25) is 5.91 Å². The lowest BCUT2D eigenvalue weighted by Gasteiger charge is -2.08. The summed E-state index contributed by atoms with van der Waals surface area (Å²) in [6.07, 6.45) is 1.45. The van der Waals surface area contributed by atoms with E-state index in [0.717, 1.165) is 19.8 Å². The lowest BCUT2D eigenvalue weighted by atomic mass is 10.3. The summed E-state index contributed by atoms with van der Waals surface area (Å²) in [5.41, 5.74) is 0.265. The second kappa shape index (κ2) is 7.61. The molecule has 5 aromatic rings. The zero-order valence-corrected chi connectivity index (χ0v) is 18.0. The van der Waals surface area contributed by atoms with Gasteiger partial charge in [0.1, 0.15) is 12.3 Å². The van der Waals surface area contributed by atoms with Crippen LogP contribution in [0.4, 0.5) is 0 Å². The summed E-state index contributed by atoms with van der Waals surface area (Å²) in [6.45, 7) is -0.287. The zero-order valence-electron chi connectivity index (χ0n) is 17.2. The Balaban J connectivity index is 1.31. The van der Waals surface area contributed by atoms with Crippen LogP contribution in [0.2, 0.25) is 0 Å². The summed E-state index contributed by atoms with van der Waals surface area (Å²) in [5, 5.41) is 3.44. The number of amides is 1. The Morgan fingerprint density at radius 3 is 2.78 bits per heavy atom. The molecule has 1 N–H and O–H groups in total. The summed E-state index contributed by atoms with van der Waals surface area (Å²) in [7, 11) is 3.17. The fraction of sp³-hybridized carbons (Fsp3) is 0.190. The molecule has 32 heavy (non-hydrogen) atoms. The highest BCUT2D eigenvalue weighted by molar-refractivity contribution is 7.21. The molecule has 1 amide bonds. The van der Waals surface area contributed by atoms with Gasteiger partial charge in [-0.1, -0.05) is 12.1 Å². The molecule has 0 atom stereocenters. The van der Waals surface area contributed by atoms with E-state index in [4.69, 9.17) is 4.42 Å². The normalized spacial score (nSPS) is 11.4. The number of fused-ring (bicyclic) bond motifs is 2. The maximum Gasteiger partial charge on any atom is 0.332 e. The van der Waals surface area contributed by atoms with Crippen LogP contribution in [0, 0.1) is 0 Å². The van der Waals surface area contributed by atoms with Gasteiger partial charge in [-0.25, -0.2) is 19.3 Å². The molecule has 0 spiro atoms. The number of carbonyl (C=O) groups is 1. The van der Waals surface area contributed by atoms with Gasteiger partial charge in [-0.05, 0) is 24.3 Å². The number of aryl methyl sites for hydroxylation is 2. The number of hydrogen-bond donors (Lipinski definition) is 1. The molecule has 0 radical (unpaired) electrons. The average Bonchev–Trinajstić information content (AvgIpc) is 3.51. The molecular formula is C21H18N6O4S. The van der Waals surface area contributed by atoms with Gasteiger partial charge in [0.05, 0.1) is 23.1 Å². The van der Waals surface area contributed by atoms with Crippen molar-refractivity contribution in [3.05, 3.63) is 69.3 Å². The summed E-state index contributed by atoms with van der Waals surface area (Å²) in [5.74, 6) is 0.667. The number of nitrogens with zero attached hydrogens (tertiary/aromatic N) is 5. The molecule has 0 aliphatic carbocycles. The highest BCUT2D eigenvalue weighted by Gasteiger charge is 2.17. The van der Waals surface area contributed by atoms with E-state index in [1.54, 1.807) is 19.2 Å². The van der Waals surface area contributed by atoms with Gasteiger partial charge >= 0.3 is 5.69 Å². The number of benzene rings is 1. The second-order valence-electron chi connectivity index (χ2n) is 7.29. The number of rotatable bonds is 5. The fourth-order valence-corrected chi connectivity index (χ4v) is 4.41. The number of thiazole rings is 1. The predicted molar refractivity (Wildman–Crippen MR) is 119 cm³/mol. The Hall–Kier alpha value is -3.99.